The van der Waals surface area contributed by atoms with E-state index in [4.69, 9.17) is 20.8 Å². The molecule has 2 aromatic carbocycles. The number of hydrogen-bond donors (Lipinski definition) is 2. The SMILES string of the molecule is N#Cc1c(F)cccc1Oc1ccc(N)cc1C(=O)O. The Labute approximate surface area is 113 Å². The molecule has 0 aliphatic heterocycles. The van der Waals surface area contributed by atoms with Crippen LogP contribution in [0.25, 0.3) is 0 Å². The third-order valence-electron chi connectivity index (χ3n) is 2.54. The molecule has 100 valence electrons. The van der Waals surface area contributed by atoms with E-state index in [-0.39, 0.29) is 28.3 Å². The van der Waals surface area contributed by atoms with E-state index in [0.29, 0.717) is 0 Å². The number of carboxylic acids is 1. The minimum Gasteiger partial charge on any atom is -0.478 e. The molecule has 2 aromatic rings. The highest BCUT2D eigenvalue weighted by molar-refractivity contribution is 5.92. The van der Waals surface area contributed by atoms with E-state index in [2.05, 4.69) is 0 Å². The molecule has 0 spiro atoms. The van der Waals surface area contributed by atoms with Crippen molar-refractivity contribution >= 4 is 11.7 Å². The van der Waals surface area contributed by atoms with Gasteiger partial charge in [0.1, 0.15) is 34.5 Å². The normalized spacial score (nSPS) is 9.80. The fourth-order valence-electron chi connectivity index (χ4n) is 1.62. The van der Waals surface area contributed by atoms with Crippen molar-refractivity contribution < 1.29 is 19.0 Å². The van der Waals surface area contributed by atoms with Crippen molar-refractivity contribution in [2.45, 2.75) is 0 Å². The Kier molecular flexibility index (Phi) is 3.53. The molecule has 0 saturated carbocycles. The number of carbonyl (C=O) groups is 1. The maximum absolute atomic E-state index is 13.4. The lowest BCUT2D eigenvalue weighted by molar-refractivity contribution is 0.0694. The zero-order valence-electron chi connectivity index (χ0n) is 10.1. The van der Waals surface area contributed by atoms with Gasteiger partial charge in [-0.2, -0.15) is 5.26 Å². The van der Waals surface area contributed by atoms with Crippen molar-refractivity contribution in [3.8, 4) is 17.6 Å². The van der Waals surface area contributed by atoms with Gasteiger partial charge in [0.15, 0.2) is 0 Å². The summed E-state index contributed by atoms with van der Waals surface area (Å²) in [6.45, 7) is 0. The van der Waals surface area contributed by atoms with Crippen molar-refractivity contribution in [2.75, 3.05) is 5.73 Å². The molecule has 3 N–H and O–H groups in total. The molecule has 5 nitrogen and oxygen atoms in total. The number of anilines is 1. The van der Waals surface area contributed by atoms with Crippen LogP contribution < -0.4 is 10.5 Å². The molecule has 0 amide bonds. The summed E-state index contributed by atoms with van der Waals surface area (Å²) in [6.07, 6.45) is 0. The van der Waals surface area contributed by atoms with E-state index < -0.39 is 11.8 Å². The minimum absolute atomic E-state index is 0.0196. The Morgan fingerprint density at radius 3 is 2.70 bits per heavy atom. The van der Waals surface area contributed by atoms with Crippen molar-refractivity contribution in [3.63, 3.8) is 0 Å². The van der Waals surface area contributed by atoms with Gasteiger partial charge in [-0.3, -0.25) is 0 Å². The number of nitriles is 1. The van der Waals surface area contributed by atoms with Gasteiger partial charge in [-0.05, 0) is 30.3 Å². The smallest absolute Gasteiger partial charge is 0.339 e. The summed E-state index contributed by atoms with van der Waals surface area (Å²) >= 11 is 0. The lowest BCUT2D eigenvalue weighted by Gasteiger charge is -2.10. The molecule has 0 bridgehead atoms. The summed E-state index contributed by atoms with van der Waals surface area (Å²) in [7, 11) is 0. The second kappa shape index (κ2) is 5.28. The van der Waals surface area contributed by atoms with E-state index in [1.165, 1.54) is 30.3 Å². The molecular formula is C14H9FN2O3. The summed E-state index contributed by atoms with van der Waals surface area (Å²) in [5, 5.41) is 18.0. The summed E-state index contributed by atoms with van der Waals surface area (Å²) in [4.78, 5) is 11.1. The van der Waals surface area contributed by atoms with Gasteiger partial charge < -0.3 is 15.6 Å². The van der Waals surface area contributed by atoms with Crippen molar-refractivity contribution in [3.05, 3.63) is 53.3 Å². The van der Waals surface area contributed by atoms with Crippen molar-refractivity contribution in [1.29, 1.82) is 5.26 Å². The summed E-state index contributed by atoms with van der Waals surface area (Å²) in [6, 6.07) is 9.56. The number of nitrogens with two attached hydrogens (primary N) is 1. The zero-order valence-corrected chi connectivity index (χ0v) is 10.1. The predicted octanol–water partition coefficient (Wildman–Crippen LogP) is 2.77. The monoisotopic (exact) mass is 272 g/mol. The largest absolute Gasteiger partial charge is 0.478 e. The second-order valence-corrected chi connectivity index (χ2v) is 3.89. The van der Waals surface area contributed by atoms with E-state index in [1.54, 1.807) is 6.07 Å². The number of benzene rings is 2. The highest BCUT2D eigenvalue weighted by Crippen LogP contribution is 2.30. The van der Waals surface area contributed by atoms with Gasteiger partial charge in [0.2, 0.25) is 0 Å². The topological polar surface area (TPSA) is 96.3 Å². The van der Waals surface area contributed by atoms with Crippen LogP contribution in [0.1, 0.15) is 15.9 Å². The molecule has 0 fully saturated rings. The number of hydrogen-bond acceptors (Lipinski definition) is 4. The van der Waals surface area contributed by atoms with Crippen LogP contribution in [0.3, 0.4) is 0 Å². The first-order valence-corrected chi connectivity index (χ1v) is 5.52. The Hall–Kier alpha value is -3.07. The average Bonchev–Trinajstić information content (AvgIpc) is 2.41. The molecule has 0 aliphatic carbocycles. The number of nitrogen functional groups attached to an aromatic ring is 1. The van der Waals surface area contributed by atoms with E-state index in [1.807, 2.05) is 0 Å². The third-order valence-corrected chi connectivity index (χ3v) is 2.54. The maximum Gasteiger partial charge on any atom is 0.339 e. The summed E-state index contributed by atoms with van der Waals surface area (Å²) < 4.78 is 18.8. The van der Waals surface area contributed by atoms with Crippen molar-refractivity contribution in [1.82, 2.24) is 0 Å². The van der Waals surface area contributed by atoms with Gasteiger partial charge in [0, 0.05) is 5.69 Å². The van der Waals surface area contributed by atoms with Crippen LogP contribution in [0, 0.1) is 17.1 Å². The first-order valence-electron chi connectivity index (χ1n) is 5.52. The van der Waals surface area contributed by atoms with Gasteiger partial charge in [-0.1, -0.05) is 6.07 Å². The molecule has 20 heavy (non-hydrogen) atoms. The Morgan fingerprint density at radius 2 is 2.05 bits per heavy atom. The predicted molar refractivity (Wildman–Crippen MR) is 69.0 cm³/mol. The van der Waals surface area contributed by atoms with Crippen LogP contribution in [-0.2, 0) is 0 Å². The standard InChI is InChI=1S/C14H9FN2O3/c15-11-2-1-3-12(10(11)7-16)20-13-5-4-8(17)6-9(13)14(18)19/h1-6H,17H2,(H,18,19). The molecular weight excluding hydrogens is 263 g/mol. The maximum atomic E-state index is 13.4. The fourth-order valence-corrected chi connectivity index (χ4v) is 1.62. The Morgan fingerprint density at radius 1 is 1.30 bits per heavy atom. The van der Waals surface area contributed by atoms with Crippen LogP contribution in [0.5, 0.6) is 11.5 Å². The van der Waals surface area contributed by atoms with Crippen LogP contribution in [0.4, 0.5) is 10.1 Å². The molecule has 0 aromatic heterocycles. The summed E-state index contributed by atoms with van der Waals surface area (Å²) in [5.41, 5.74) is 5.31. The molecule has 0 radical (unpaired) electrons. The lowest BCUT2D eigenvalue weighted by atomic mass is 10.1. The second-order valence-electron chi connectivity index (χ2n) is 3.89. The highest BCUT2D eigenvalue weighted by Gasteiger charge is 2.15. The van der Waals surface area contributed by atoms with Gasteiger partial charge in [0.25, 0.3) is 0 Å². The van der Waals surface area contributed by atoms with Gasteiger partial charge >= 0.3 is 5.97 Å². The van der Waals surface area contributed by atoms with E-state index >= 15 is 0 Å². The molecule has 2 rings (SSSR count). The molecule has 0 heterocycles. The first kappa shape index (κ1) is 13.4. The quantitative estimate of drug-likeness (QED) is 0.837. The van der Waals surface area contributed by atoms with Gasteiger partial charge in [0.05, 0.1) is 0 Å². The van der Waals surface area contributed by atoms with Crippen LogP contribution >= 0.6 is 0 Å². The molecule has 0 aliphatic rings. The number of nitrogens with zero attached hydrogens (tertiary/aromatic N) is 1. The van der Waals surface area contributed by atoms with Gasteiger partial charge in [-0.25, -0.2) is 9.18 Å². The van der Waals surface area contributed by atoms with Gasteiger partial charge in [-0.15, -0.1) is 0 Å². The summed E-state index contributed by atoms with van der Waals surface area (Å²) in [5.74, 6) is -2.05. The van der Waals surface area contributed by atoms with Crippen LogP contribution in [0.15, 0.2) is 36.4 Å². The van der Waals surface area contributed by atoms with Crippen LogP contribution in [-0.4, -0.2) is 11.1 Å². The number of carboxylic acid groups (broad SMARTS) is 1. The Balaban J connectivity index is 2.49. The van der Waals surface area contributed by atoms with E-state index in [0.717, 1.165) is 6.07 Å². The van der Waals surface area contributed by atoms with E-state index in [9.17, 15) is 9.18 Å². The van der Waals surface area contributed by atoms with Crippen LogP contribution in [0.2, 0.25) is 0 Å². The third kappa shape index (κ3) is 2.52. The molecule has 0 saturated heterocycles. The Bertz CT molecular complexity index is 723. The first-order chi connectivity index (χ1) is 9.52. The highest BCUT2D eigenvalue weighted by atomic mass is 19.1. The molecule has 6 heteroatoms. The fraction of sp³-hybridized carbons (Fsp3) is 0. The lowest BCUT2D eigenvalue weighted by Crippen LogP contribution is -2.02. The molecule has 0 unspecified atom stereocenters. The number of ether oxygens (including phenoxy) is 1. The number of halogens is 1. The molecule has 0 atom stereocenters. The average molecular weight is 272 g/mol. The van der Waals surface area contributed by atoms with Crippen molar-refractivity contribution in [2.24, 2.45) is 0 Å². The number of rotatable bonds is 3. The zero-order chi connectivity index (χ0) is 14.7. The number of aromatic carboxylic acids is 1. The minimum atomic E-state index is -1.23.